The summed E-state index contributed by atoms with van der Waals surface area (Å²) in [6, 6.07) is 11.3. The van der Waals surface area contributed by atoms with Gasteiger partial charge in [0.2, 0.25) is 0 Å². The van der Waals surface area contributed by atoms with Crippen molar-refractivity contribution in [2.24, 2.45) is 0 Å². The molecule has 2 aromatic carbocycles. The Labute approximate surface area is 164 Å². The summed E-state index contributed by atoms with van der Waals surface area (Å²) in [6.07, 6.45) is -3.12. The first-order chi connectivity index (χ1) is 13.2. The SMILES string of the molecule is N#C/C(=C/Nc1ccc(Cl)c(C(F)(F)F)c1)C(=O)NCCc1ccc(O)cc1. The van der Waals surface area contributed by atoms with Crippen LogP contribution in [0.2, 0.25) is 5.02 Å². The molecule has 0 saturated carbocycles. The average Bonchev–Trinajstić information content (AvgIpc) is 2.64. The fraction of sp³-hybridized carbons (Fsp3) is 0.158. The first kappa shape index (κ1) is 21.1. The third-order valence-electron chi connectivity index (χ3n) is 3.66. The molecule has 0 spiro atoms. The van der Waals surface area contributed by atoms with E-state index in [4.69, 9.17) is 16.9 Å². The molecule has 0 saturated heterocycles. The van der Waals surface area contributed by atoms with E-state index in [0.717, 1.165) is 23.9 Å². The van der Waals surface area contributed by atoms with Crippen molar-refractivity contribution in [2.45, 2.75) is 12.6 Å². The summed E-state index contributed by atoms with van der Waals surface area (Å²) in [4.78, 5) is 12.0. The van der Waals surface area contributed by atoms with Gasteiger partial charge < -0.3 is 15.7 Å². The van der Waals surface area contributed by atoms with Crippen LogP contribution in [-0.2, 0) is 17.4 Å². The fourth-order valence-corrected chi connectivity index (χ4v) is 2.44. The molecule has 2 aromatic rings. The normalized spacial score (nSPS) is 11.6. The first-order valence-electron chi connectivity index (χ1n) is 8.00. The summed E-state index contributed by atoms with van der Waals surface area (Å²) in [5.41, 5.74) is -0.417. The Balaban J connectivity index is 1.98. The monoisotopic (exact) mass is 409 g/mol. The van der Waals surface area contributed by atoms with Crippen molar-refractivity contribution in [3.8, 4) is 11.8 Å². The largest absolute Gasteiger partial charge is 0.508 e. The van der Waals surface area contributed by atoms with E-state index in [9.17, 15) is 23.1 Å². The van der Waals surface area contributed by atoms with Crippen molar-refractivity contribution in [1.82, 2.24) is 5.32 Å². The highest BCUT2D eigenvalue weighted by Gasteiger charge is 2.33. The lowest BCUT2D eigenvalue weighted by Crippen LogP contribution is -2.27. The zero-order valence-electron chi connectivity index (χ0n) is 14.3. The molecule has 0 aromatic heterocycles. The number of phenols is 1. The van der Waals surface area contributed by atoms with Crippen LogP contribution >= 0.6 is 11.6 Å². The number of hydrogen-bond donors (Lipinski definition) is 3. The molecule has 0 heterocycles. The Bertz CT molecular complexity index is 920. The summed E-state index contributed by atoms with van der Waals surface area (Å²) in [7, 11) is 0. The van der Waals surface area contributed by atoms with E-state index >= 15 is 0 Å². The number of anilines is 1. The molecule has 0 fully saturated rings. The number of carbonyl (C=O) groups is 1. The Hall–Kier alpha value is -3.18. The molecule has 0 aliphatic rings. The second-order valence-electron chi connectivity index (χ2n) is 5.68. The number of alkyl halides is 3. The molecule has 5 nitrogen and oxygen atoms in total. The van der Waals surface area contributed by atoms with Crippen LogP contribution in [0.1, 0.15) is 11.1 Å². The smallest absolute Gasteiger partial charge is 0.417 e. The molecule has 28 heavy (non-hydrogen) atoms. The fourth-order valence-electron chi connectivity index (χ4n) is 2.21. The van der Waals surface area contributed by atoms with Gasteiger partial charge in [-0.15, -0.1) is 0 Å². The van der Waals surface area contributed by atoms with E-state index in [2.05, 4.69) is 10.6 Å². The molecule has 0 aliphatic carbocycles. The molecule has 146 valence electrons. The highest BCUT2D eigenvalue weighted by molar-refractivity contribution is 6.31. The van der Waals surface area contributed by atoms with Gasteiger partial charge in [-0.25, -0.2) is 0 Å². The molecular formula is C19H15ClF3N3O2. The van der Waals surface area contributed by atoms with Crippen molar-refractivity contribution in [3.63, 3.8) is 0 Å². The van der Waals surface area contributed by atoms with Crippen LogP contribution in [0.25, 0.3) is 0 Å². The van der Waals surface area contributed by atoms with E-state index in [1.165, 1.54) is 18.2 Å². The highest BCUT2D eigenvalue weighted by atomic mass is 35.5. The number of amides is 1. The number of aromatic hydroxyl groups is 1. The molecule has 0 atom stereocenters. The van der Waals surface area contributed by atoms with Gasteiger partial charge >= 0.3 is 6.18 Å². The summed E-state index contributed by atoms with van der Waals surface area (Å²) in [6.45, 7) is 0.238. The minimum absolute atomic E-state index is 0.0290. The first-order valence-corrected chi connectivity index (χ1v) is 8.38. The van der Waals surface area contributed by atoms with Crippen LogP contribution in [0.5, 0.6) is 5.75 Å². The van der Waals surface area contributed by atoms with Crippen LogP contribution in [0.15, 0.2) is 54.2 Å². The lowest BCUT2D eigenvalue weighted by Gasteiger charge is -2.11. The standard InChI is InChI=1S/C19H15ClF3N3O2/c20-17-6-3-14(9-16(17)19(21,22)23)26-11-13(10-24)18(28)25-8-7-12-1-4-15(27)5-2-12/h1-6,9,11,26-27H,7-8H2,(H,25,28)/b13-11-. The Morgan fingerprint density at radius 2 is 1.89 bits per heavy atom. The highest BCUT2D eigenvalue weighted by Crippen LogP contribution is 2.36. The Morgan fingerprint density at radius 3 is 2.50 bits per heavy atom. The third-order valence-corrected chi connectivity index (χ3v) is 3.99. The minimum Gasteiger partial charge on any atom is -0.508 e. The molecule has 0 aliphatic heterocycles. The molecule has 3 N–H and O–H groups in total. The van der Waals surface area contributed by atoms with Crippen molar-refractivity contribution in [2.75, 3.05) is 11.9 Å². The molecule has 1 amide bonds. The number of benzene rings is 2. The molecule has 0 radical (unpaired) electrons. The lowest BCUT2D eigenvalue weighted by atomic mass is 10.1. The van der Waals surface area contributed by atoms with Crippen LogP contribution < -0.4 is 10.6 Å². The van der Waals surface area contributed by atoms with E-state index in [0.29, 0.717) is 6.42 Å². The van der Waals surface area contributed by atoms with Crippen molar-refractivity contribution >= 4 is 23.2 Å². The second-order valence-corrected chi connectivity index (χ2v) is 6.09. The van der Waals surface area contributed by atoms with Gasteiger partial charge in [-0.3, -0.25) is 4.79 Å². The zero-order chi connectivity index (χ0) is 20.7. The number of nitrogens with one attached hydrogen (secondary N) is 2. The van der Waals surface area contributed by atoms with Crippen molar-refractivity contribution in [1.29, 1.82) is 5.26 Å². The number of carbonyl (C=O) groups excluding carboxylic acids is 1. The van der Waals surface area contributed by atoms with E-state index in [1.807, 2.05) is 0 Å². The van der Waals surface area contributed by atoms with Gasteiger partial charge in [0, 0.05) is 18.4 Å². The summed E-state index contributed by atoms with van der Waals surface area (Å²) in [5.74, 6) is -0.539. The number of nitrogens with zero attached hydrogens (tertiary/aromatic N) is 1. The van der Waals surface area contributed by atoms with Crippen LogP contribution in [0.3, 0.4) is 0 Å². The number of halogens is 4. The second kappa shape index (κ2) is 9.15. The number of phenolic OH excluding ortho intramolecular Hbond substituents is 1. The van der Waals surface area contributed by atoms with Gasteiger partial charge in [0.15, 0.2) is 0 Å². The predicted octanol–water partition coefficient (Wildman–Crippen LogP) is 4.24. The van der Waals surface area contributed by atoms with E-state index < -0.39 is 22.7 Å². The Morgan fingerprint density at radius 1 is 1.21 bits per heavy atom. The maximum Gasteiger partial charge on any atom is 0.417 e. The van der Waals surface area contributed by atoms with Crippen LogP contribution in [0, 0.1) is 11.3 Å². The summed E-state index contributed by atoms with van der Waals surface area (Å²) in [5, 5.41) is 22.9. The molecule has 0 bridgehead atoms. The predicted molar refractivity (Wildman–Crippen MR) is 98.6 cm³/mol. The number of rotatable bonds is 6. The zero-order valence-corrected chi connectivity index (χ0v) is 15.1. The maximum atomic E-state index is 12.9. The van der Waals surface area contributed by atoms with Gasteiger partial charge in [-0.2, -0.15) is 18.4 Å². The topological polar surface area (TPSA) is 85.2 Å². The Kier molecular flexibility index (Phi) is 6.90. The summed E-state index contributed by atoms with van der Waals surface area (Å²) >= 11 is 5.54. The van der Waals surface area contributed by atoms with Crippen LogP contribution in [-0.4, -0.2) is 17.6 Å². The number of nitriles is 1. The van der Waals surface area contributed by atoms with Crippen molar-refractivity contribution < 1.29 is 23.1 Å². The van der Waals surface area contributed by atoms with Gasteiger partial charge in [-0.1, -0.05) is 23.7 Å². The van der Waals surface area contributed by atoms with Gasteiger partial charge in [-0.05, 0) is 42.3 Å². The summed E-state index contributed by atoms with van der Waals surface area (Å²) < 4.78 is 38.6. The maximum absolute atomic E-state index is 12.9. The van der Waals surface area contributed by atoms with E-state index in [1.54, 1.807) is 18.2 Å². The van der Waals surface area contributed by atoms with Crippen molar-refractivity contribution in [3.05, 3.63) is 70.4 Å². The van der Waals surface area contributed by atoms with E-state index in [-0.39, 0.29) is 23.6 Å². The number of hydrogen-bond acceptors (Lipinski definition) is 4. The molecule has 2 rings (SSSR count). The molecule has 9 heteroatoms. The quantitative estimate of drug-likeness (QED) is 0.492. The average molecular weight is 410 g/mol. The van der Waals surface area contributed by atoms with Gasteiger partial charge in [0.05, 0.1) is 10.6 Å². The van der Waals surface area contributed by atoms with Gasteiger partial charge in [0.25, 0.3) is 5.91 Å². The third kappa shape index (κ3) is 5.93. The molecular weight excluding hydrogens is 395 g/mol. The van der Waals surface area contributed by atoms with Gasteiger partial charge in [0.1, 0.15) is 17.4 Å². The lowest BCUT2D eigenvalue weighted by molar-refractivity contribution is -0.137. The minimum atomic E-state index is -4.62. The van der Waals surface area contributed by atoms with Crippen LogP contribution in [0.4, 0.5) is 18.9 Å². The molecule has 0 unspecified atom stereocenters.